The van der Waals surface area contributed by atoms with E-state index in [4.69, 9.17) is 4.74 Å². The molecule has 0 bridgehead atoms. The standard InChI is InChI=1S/C13H16O2/c14-13-7-6-12(8-13)10-15-9-11-4-2-1-3-5-11/h1-5,8,13-14H,6-7,9-10H2. The molecule has 2 rings (SSSR count). The van der Waals surface area contributed by atoms with Crippen LogP contribution in [0.5, 0.6) is 0 Å². The molecule has 15 heavy (non-hydrogen) atoms. The van der Waals surface area contributed by atoms with E-state index in [2.05, 4.69) is 12.1 Å². The third-order valence-electron chi connectivity index (χ3n) is 2.59. The minimum absolute atomic E-state index is 0.250. The highest BCUT2D eigenvalue weighted by molar-refractivity contribution is 5.14. The largest absolute Gasteiger partial charge is 0.389 e. The van der Waals surface area contributed by atoms with E-state index < -0.39 is 0 Å². The number of aliphatic hydroxyl groups is 1. The fourth-order valence-corrected chi connectivity index (χ4v) is 1.77. The van der Waals surface area contributed by atoms with Crippen molar-refractivity contribution in [2.45, 2.75) is 25.6 Å². The molecule has 0 spiro atoms. The predicted octanol–water partition coefficient (Wildman–Crippen LogP) is 2.28. The monoisotopic (exact) mass is 204 g/mol. The van der Waals surface area contributed by atoms with Crippen molar-refractivity contribution < 1.29 is 9.84 Å². The van der Waals surface area contributed by atoms with Crippen LogP contribution in [-0.4, -0.2) is 17.8 Å². The molecule has 1 aliphatic rings. The molecule has 0 saturated heterocycles. The summed E-state index contributed by atoms with van der Waals surface area (Å²) in [5, 5.41) is 9.28. The van der Waals surface area contributed by atoms with Gasteiger partial charge in [0.05, 0.1) is 19.3 Å². The van der Waals surface area contributed by atoms with Gasteiger partial charge in [-0.1, -0.05) is 36.4 Å². The second-order valence-electron chi connectivity index (χ2n) is 3.91. The summed E-state index contributed by atoms with van der Waals surface area (Å²) in [6.07, 6.45) is 3.48. The summed E-state index contributed by atoms with van der Waals surface area (Å²) in [7, 11) is 0. The highest BCUT2D eigenvalue weighted by Crippen LogP contribution is 2.18. The van der Waals surface area contributed by atoms with Crippen molar-refractivity contribution in [2.24, 2.45) is 0 Å². The quantitative estimate of drug-likeness (QED) is 0.762. The summed E-state index contributed by atoms with van der Waals surface area (Å²) in [6.45, 7) is 1.29. The molecule has 0 heterocycles. The van der Waals surface area contributed by atoms with Gasteiger partial charge in [-0.15, -0.1) is 0 Å². The van der Waals surface area contributed by atoms with Gasteiger partial charge in [0.25, 0.3) is 0 Å². The van der Waals surface area contributed by atoms with Crippen LogP contribution in [0.1, 0.15) is 18.4 Å². The van der Waals surface area contributed by atoms with Crippen LogP contribution in [-0.2, 0) is 11.3 Å². The Hall–Kier alpha value is -1.12. The van der Waals surface area contributed by atoms with E-state index in [1.807, 2.05) is 24.3 Å². The van der Waals surface area contributed by atoms with Crippen LogP contribution in [0.2, 0.25) is 0 Å². The Kier molecular flexibility index (Phi) is 3.54. The first-order valence-electron chi connectivity index (χ1n) is 5.34. The number of rotatable bonds is 4. The zero-order valence-corrected chi connectivity index (χ0v) is 8.73. The van der Waals surface area contributed by atoms with Crippen molar-refractivity contribution >= 4 is 0 Å². The molecular formula is C13H16O2. The average Bonchev–Trinajstić information content (AvgIpc) is 2.66. The molecule has 80 valence electrons. The van der Waals surface area contributed by atoms with Crippen molar-refractivity contribution in [1.29, 1.82) is 0 Å². The Morgan fingerprint density at radius 1 is 1.20 bits per heavy atom. The van der Waals surface area contributed by atoms with E-state index in [0.717, 1.165) is 12.8 Å². The number of hydrogen-bond acceptors (Lipinski definition) is 2. The van der Waals surface area contributed by atoms with Crippen LogP contribution >= 0.6 is 0 Å². The topological polar surface area (TPSA) is 29.5 Å². The van der Waals surface area contributed by atoms with E-state index in [1.54, 1.807) is 0 Å². The van der Waals surface area contributed by atoms with Gasteiger partial charge in [0.2, 0.25) is 0 Å². The Morgan fingerprint density at radius 3 is 2.67 bits per heavy atom. The molecule has 1 aromatic rings. The first-order chi connectivity index (χ1) is 7.34. The summed E-state index contributed by atoms with van der Waals surface area (Å²) in [5.41, 5.74) is 2.41. The average molecular weight is 204 g/mol. The van der Waals surface area contributed by atoms with Crippen LogP contribution in [0, 0.1) is 0 Å². The van der Waals surface area contributed by atoms with Gasteiger partial charge in [0.1, 0.15) is 0 Å². The lowest BCUT2D eigenvalue weighted by atomic mass is 10.2. The van der Waals surface area contributed by atoms with Crippen molar-refractivity contribution in [3.63, 3.8) is 0 Å². The van der Waals surface area contributed by atoms with Crippen LogP contribution in [0.3, 0.4) is 0 Å². The maximum Gasteiger partial charge on any atom is 0.0727 e. The highest BCUT2D eigenvalue weighted by atomic mass is 16.5. The van der Waals surface area contributed by atoms with Crippen LogP contribution in [0.25, 0.3) is 0 Å². The summed E-state index contributed by atoms with van der Waals surface area (Å²) in [6, 6.07) is 10.1. The normalized spacial score (nSPS) is 20.3. The van der Waals surface area contributed by atoms with Gasteiger partial charge in [-0.3, -0.25) is 0 Å². The lowest BCUT2D eigenvalue weighted by Gasteiger charge is -2.04. The zero-order valence-electron chi connectivity index (χ0n) is 8.73. The van der Waals surface area contributed by atoms with Crippen molar-refractivity contribution in [3.8, 4) is 0 Å². The number of ether oxygens (including phenoxy) is 1. The minimum Gasteiger partial charge on any atom is -0.389 e. The molecule has 0 fully saturated rings. The number of benzene rings is 1. The van der Waals surface area contributed by atoms with Gasteiger partial charge in [0, 0.05) is 0 Å². The van der Waals surface area contributed by atoms with E-state index in [0.29, 0.717) is 13.2 Å². The lowest BCUT2D eigenvalue weighted by Crippen LogP contribution is -1.97. The van der Waals surface area contributed by atoms with Gasteiger partial charge in [0.15, 0.2) is 0 Å². The summed E-state index contributed by atoms with van der Waals surface area (Å²) in [4.78, 5) is 0. The van der Waals surface area contributed by atoms with Crippen molar-refractivity contribution in [3.05, 3.63) is 47.5 Å². The van der Waals surface area contributed by atoms with Crippen LogP contribution in [0.15, 0.2) is 42.0 Å². The maximum atomic E-state index is 9.28. The third kappa shape index (κ3) is 3.18. The van der Waals surface area contributed by atoms with Crippen LogP contribution in [0.4, 0.5) is 0 Å². The van der Waals surface area contributed by atoms with Crippen molar-refractivity contribution in [2.75, 3.05) is 6.61 Å². The highest BCUT2D eigenvalue weighted by Gasteiger charge is 2.12. The van der Waals surface area contributed by atoms with Gasteiger partial charge in [-0.25, -0.2) is 0 Å². The summed E-state index contributed by atoms with van der Waals surface area (Å²) in [5.74, 6) is 0. The maximum absolute atomic E-state index is 9.28. The molecule has 1 N–H and O–H groups in total. The third-order valence-corrected chi connectivity index (χ3v) is 2.59. The summed E-state index contributed by atoms with van der Waals surface area (Å²) >= 11 is 0. The molecule has 0 radical (unpaired) electrons. The Bertz CT molecular complexity index is 330. The fraction of sp³-hybridized carbons (Fsp3) is 0.385. The Morgan fingerprint density at radius 2 is 2.00 bits per heavy atom. The Balaban J connectivity index is 1.74. The van der Waals surface area contributed by atoms with E-state index in [-0.39, 0.29) is 6.10 Å². The Labute approximate surface area is 90.2 Å². The smallest absolute Gasteiger partial charge is 0.0727 e. The van der Waals surface area contributed by atoms with Crippen molar-refractivity contribution in [1.82, 2.24) is 0 Å². The molecule has 1 aromatic carbocycles. The molecule has 2 heteroatoms. The van der Waals surface area contributed by atoms with E-state index in [9.17, 15) is 5.11 Å². The first-order valence-corrected chi connectivity index (χ1v) is 5.34. The van der Waals surface area contributed by atoms with E-state index in [1.165, 1.54) is 11.1 Å². The molecule has 0 aromatic heterocycles. The SMILES string of the molecule is OC1C=C(COCc2ccccc2)CC1. The molecule has 0 amide bonds. The number of aliphatic hydroxyl groups excluding tert-OH is 1. The molecule has 0 aliphatic heterocycles. The van der Waals surface area contributed by atoms with Crippen LogP contribution < -0.4 is 0 Å². The minimum atomic E-state index is -0.250. The number of hydrogen-bond donors (Lipinski definition) is 1. The zero-order chi connectivity index (χ0) is 10.5. The summed E-state index contributed by atoms with van der Waals surface area (Å²) < 4.78 is 5.57. The molecule has 0 saturated carbocycles. The first kappa shape index (κ1) is 10.4. The molecule has 1 unspecified atom stereocenters. The molecular weight excluding hydrogens is 188 g/mol. The second kappa shape index (κ2) is 5.10. The van der Waals surface area contributed by atoms with Gasteiger partial charge in [-0.2, -0.15) is 0 Å². The predicted molar refractivity (Wildman–Crippen MR) is 59.4 cm³/mol. The van der Waals surface area contributed by atoms with E-state index >= 15 is 0 Å². The second-order valence-corrected chi connectivity index (χ2v) is 3.91. The van der Waals surface area contributed by atoms with Gasteiger partial charge < -0.3 is 9.84 Å². The van der Waals surface area contributed by atoms with Gasteiger partial charge in [-0.05, 0) is 24.0 Å². The lowest BCUT2D eigenvalue weighted by molar-refractivity contribution is 0.141. The molecule has 1 aliphatic carbocycles. The molecule has 2 nitrogen and oxygen atoms in total. The van der Waals surface area contributed by atoms with Gasteiger partial charge >= 0.3 is 0 Å². The fourth-order valence-electron chi connectivity index (χ4n) is 1.77. The molecule has 1 atom stereocenters.